The Hall–Kier alpha value is -1.35. The average molecular weight is 329 g/mol. The van der Waals surface area contributed by atoms with Crippen LogP contribution in [0.4, 0.5) is 0 Å². The van der Waals surface area contributed by atoms with Crippen LogP contribution in [0.3, 0.4) is 0 Å². The van der Waals surface area contributed by atoms with Gasteiger partial charge in [-0.05, 0) is 43.1 Å². The van der Waals surface area contributed by atoms with Crippen LogP contribution in [0, 0.1) is 17.8 Å². The molecule has 1 aromatic carbocycles. The summed E-state index contributed by atoms with van der Waals surface area (Å²) in [6, 6.07) is 10.6. The number of carbonyl (C=O) groups excluding carboxylic acids is 1. The SMILES string of the molecule is CC1CCC(C(C)C)C(OC(=O)[C@@H]2CN2[C@H](C)c2ccccc2)C1. The summed E-state index contributed by atoms with van der Waals surface area (Å²) in [5, 5.41) is 0. The summed E-state index contributed by atoms with van der Waals surface area (Å²) in [6.45, 7) is 9.77. The number of nitrogens with zero attached hydrogens (tertiary/aromatic N) is 1. The van der Waals surface area contributed by atoms with E-state index >= 15 is 0 Å². The molecule has 1 heterocycles. The van der Waals surface area contributed by atoms with E-state index in [0.29, 0.717) is 17.8 Å². The van der Waals surface area contributed by atoms with E-state index in [4.69, 9.17) is 4.74 Å². The van der Waals surface area contributed by atoms with Crippen molar-refractivity contribution in [2.75, 3.05) is 6.54 Å². The third-order valence-electron chi connectivity index (χ3n) is 5.93. The van der Waals surface area contributed by atoms with Crippen LogP contribution in [0.15, 0.2) is 30.3 Å². The molecule has 1 aliphatic carbocycles. The van der Waals surface area contributed by atoms with Crippen molar-refractivity contribution in [2.45, 2.75) is 65.1 Å². The molecule has 0 bridgehead atoms. The number of carbonyl (C=O) groups is 1. The lowest BCUT2D eigenvalue weighted by atomic mass is 9.75. The van der Waals surface area contributed by atoms with Crippen molar-refractivity contribution in [2.24, 2.45) is 17.8 Å². The molecular weight excluding hydrogens is 298 g/mol. The lowest BCUT2D eigenvalue weighted by molar-refractivity contribution is -0.156. The molecule has 1 saturated carbocycles. The van der Waals surface area contributed by atoms with Gasteiger partial charge in [-0.1, -0.05) is 57.5 Å². The summed E-state index contributed by atoms with van der Waals surface area (Å²) in [4.78, 5) is 14.9. The van der Waals surface area contributed by atoms with E-state index in [2.05, 4.69) is 56.9 Å². The zero-order chi connectivity index (χ0) is 17.3. The zero-order valence-corrected chi connectivity index (χ0v) is 15.4. The fourth-order valence-corrected chi connectivity index (χ4v) is 4.19. The molecule has 1 saturated heterocycles. The molecule has 4 unspecified atom stereocenters. The van der Waals surface area contributed by atoms with Crippen molar-refractivity contribution in [1.82, 2.24) is 4.90 Å². The lowest BCUT2D eigenvalue weighted by Crippen LogP contribution is -2.37. The van der Waals surface area contributed by atoms with Gasteiger partial charge < -0.3 is 4.74 Å². The Balaban J connectivity index is 1.57. The quantitative estimate of drug-likeness (QED) is 0.591. The fourth-order valence-electron chi connectivity index (χ4n) is 4.19. The van der Waals surface area contributed by atoms with Gasteiger partial charge in [-0.25, -0.2) is 0 Å². The average Bonchev–Trinajstić information content (AvgIpc) is 3.35. The summed E-state index contributed by atoms with van der Waals surface area (Å²) in [6.07, 6.45) is 3.58. The van der Waals surface area contributed by atoms with Crippen LogP contribution in [0.5, 0.6) is 0 Å². The highest BCUT2D eigenvalue weighted by Gasteiger charge is 2.46. The van der Waals surface area contributed by atoms with Gasteiger partial charge in [-0.15, -0.1) is 0 Å². The fraction of sp³-hybridized carbons (Fsp3) is 0.667. The Kier molecular flexibility index (Phi) is 5.29. The van der Waals surface area contributed by atoms with Crippen LogP contribution in [0.2, 0.25) is 0 Å². The van der Waals surface area contributed by atoms with Crippen molar-refractivity contribution in [1.29, 1.82) is 0 Å². The minimum atomic E-state index is -0.0507. The highest BCUT2D eigenvalue weighted by atomic mass is 16.5. The van der Waals surface area contributed by atoms with Crippen LogP contribution in [0.25, 0.3) is 0 Å². The number of hydrogen-bond acceptors (Lipinski definition) is 3. The molecule has 3 nitrogen and oxygen atoms in total. The molecule has 2 fully saturated rings. The summed E-state index contributed by atoms with van der Waals surface area (Å²) in [7, 11) is 0. The van der Waals surface area contributed by atoms with Gasteiger partial charge in [-0.3, -0.25) is 9.69 Å². The minimum absolute atomic E-state index is 0.0115. The van der Waals surface area contributed by atoms with E-state index in [1.807, 2.05) is 6.07 Å². The van der Waals surface area contributed by atoms with E-state index in [9.17, 15) is 4.79 Å². The number of rotatable bonds is 5. The summed E-state index contributed by atoms with van der Waals surface area (Å²) >= 11 is 0. The first-order valence-electron chi connectivity index (χ1n) is 9.48. The van der Waals surface area contributed by atoms with Gasteiger partial charge in [0.25, 0.3) is 0 Å². The molecule has 3 heteroatoms. The Labute approximate surface area is 146 Å². The maximum atomic E-state index is 12.6. The molecule has 132 valence electrons. The molecule has 24 heavy (non-hydrogen) atoms. The smallest absolute Gasteiger partial charge is 0.325 e. The van der Waals surface area contributed by atoms with Gasteiger partial charge in [0.05, 0.1) is 0 Å². The molecular formula is C21H31NO2. The van der Waals surface area contributed by atoms with Crippen LogP contribution in [-0.4, -0.2) is 29.6 Å². The molecule has 1 aromatic rings. The monoisotopic (exact) mass is 329 g/mol. The van der Waals surface area contributed by atoms with Crippen LogP contribution in [0.1, 0.15) is 58.6 Å². The van der Waals surface area contributed by atoms with E-state index in [1.165, 1.54) is 18.4 Å². The standard InChI is InChI=1S/C21H31NO2/c1-14(2)18-11-10-15(3)12-20(18)24-21(23)19-13-22(19)16(4)17-8-6-5-7-9-17/h5-9,14-16,18-20H,10-13H2,1-4H3/t15?,16-,18?,19+,20?,22?/m1/s1. The third kappa shape index (κ3) is 3.83. The topological polar surface area (TPSA) is 29.3 Å². The number of esters is 1. The highest BCUT2D eigenvalue weighted by molar-refractivity contribution is 5.79. The van der Waals surface area contributed by atoms with Gasteiger partial charge in [0.1, 0.15) is 12.1 Å². The van der Waals surface area contributed by atoms with Crippen LogP contribution < -0.4 is 0 Å². The van der Waals surface area contributed by atoms with Crippen molar-refractivity contribution >= 4 is 5.97 Å². The van der Waals surface area contributed by atoms with Crippen molar-refractivity contribution < 1.29 is 9.53 Å². The third-order valence-corrected chi connectivity index (χ3v) is 5.93. The lowest BCUT2D eigenvalue weighted by Gasteiger charge is -2.36. The summed E-state index contributed by atoms with van der Waals surface area (Å²) in [5.74, 6) is 1.75. The summed E-state index contributed by atoms with van der Waals surface area (Å²) in [5.41, 5.74) is 1.26. The maximum absolute atomic E-state index is 12.6. The maximum Gasteiger partial charge on any atom is 0.325 e. The van der Waals surface area contributed by atoms with Gasteiger partial charge in [-0.2, -0.15) is 0 Å². The van der Waals surface area contributed by atoms with Gasteiger partial charge in [0.15, 0.2) is 0 Å². The molecule has 0 aromatic heterocycles. The predicted molar refractivity (Wildman–Crippen MR) is 96.6 cm³/mol. The largest absolute Gasteiger partial charge is 0.461 e. The number of hydrogen-bond donors (Lipinski definition) is 0. The first kappa shape index (κ1) is 17.5. The van der Waals surface area contributed by atoms with E-state index in [1.54, 1.807) is 0 Å². The molecule has 6 atom stereocenters. The highest BCUT2D eigenvalue weighted by Crippen LogP contribution is 2.37. The summed E-state index contributed by atoms with van der Waals surface area (Å²) < 4.78 is 6.00. The van der Waals surface area contributed by atoms with Gasteiger partial charge in [0.2, 0.25) is 0 Å². The Morgan fingerprint density at radius 2 is 1.88 bits per heavy atom. The minimum Gasteiger partial charge on any atom is -0.461 e. The molecule has 0 amide bonds. The number of benzene rings is 1. The van der Waals surface area contributed by atoms with Crippen molar-refractivity contribution in [3.8, 4) is 0 Å². The van der Waals surface area contributed by atoms with Gasteiger partial charge >= 0.3 is 5.97 Å². The molecule has 0 spiro atoms. The first-order chi connectivity index (χ1) is 11.5. The Morgan fingerprint density at radius 3 is 2.54 bits per heavy atom. The molecule has 2 aliphatic rings. The van der Waals surface area contributed by atoms with E-state index in [0.717, 1.165) is 13.0 Å². The predicted octanol–water partition coefficient (Wildman–Crippen LogP) is 4.44. The van der Waals surface area contributed by atoms with E-state index < -0.39 is 0 Å². The molecule has 1 aliphatic heterocycles. The van der Waals surface area contributed by atoms with Crippen LogP contribution >= 0.6 is 0 Å². The van der Waals surface area contributed by atoms with Crippen molar-refractivity contribution in [3.05, 3.63) is 35.9 Å². The van der Waals surface area contributed by atoms with Crippen molar-refractivity contribution in [3.63, 3.8) is 0 Å². The molecule has 0 N–H and O–H groups in total. The normalized spacial score (nSPS) is 34.0. The molecule has 0 radical (unpaired) electrons. The zero-order valence-electron chi connectivity index (χ0n) is 15.4. The Bertz CT molecular complexity index is 556. The van der Waals surface area contributed by atoms with Crippen LogP contribution in [-0.2, 0) is 9.53 Å². The first-order valence-corrected chi connectivity index (χ1v) is 9.48. The Morgan fingerprint density at radius 1 is 1.17 bits per heavy atom. The second kappa shape index (κ2) is 7.26. The number of ether oxygens (including phenoxy) is 1. The van der Waals surface area contributed by atoms with E-state index in [-0.39, 0.29) is 24.2 Å². The van der Waals surface area contributed by atoms with Gasteiger partial charge in [0, 0.05) is 12.6 Å². The second-order valence-electron chi connectivity index (χ2n) is 8.10. The molecule has 3 rings (SSSR count). The second-order valence-corrected chi connectivity index (χ2v) is 8.10.